The maximum absolute atomic E-state index is 2.71. The van der Waals surface area contributed by atoms with Gasteiger partial charge < -0.3 is 0 Å². The second-order valence-electron chi connectivity index (χ2n) is 14.9. The van der Waals surface area contributed by atoms with Crippen LogP contribution in [0.25, 0.3) is 0 Å². The fourth-order valence-corrected chi connectivity index (χ4v) is 11.6. The van der Waals surface area contributed by atoms with Crippen LogP contribution in [0.2, 0.25) is 0 Å². The van der Waals surface area contributed by atoms with Crippen LogP contribution in [-0.4, -0.2) is 0 Å². The molecule has 0 atom stereocenters. The molecule has 0 spiro atoms. The smallest absolute Gasteiger partial charge is 0.00480 e. The fraction of sp³-hybridized carbons (Fsp3) is 0.806. The van der Waals surface area contributed by atoms with Crippen LogP contribution >= 0.6 is 0 Å². The lowest BCUT2D eigenvalue weighted by molar-refractivity contribution is -0.144. The molecular formula is C31H44. The van der Waals surface area contributed by atoms with Gasteiger partial charge in [-0.05, 0) is 146 Å². The van der Waals surface area contributed by atoms with E-state index in [9.17, 15) is 0 Å². The van der Waals surface area contributed by atoms with Crippen molar-refractivity contribution in [3.8, 4) is 0 Å². The average Bonchev–Trinajstić information content (AvgIpc) is 2.65. The largest absolute Gasteiger partial charge is 0.0617 e. The van der Waals surface area contributed by atoms with Crippen molar-refractivity contribution in [3.05, 3.63) is 35.4 Å². The number of hydrogen-bond donors (Lipinski definition) is 0. The molecule has 8 aliphatic carbocycles. The first kappa shape index (κ1) is 19.7. The molecule has 8 bridgehead atoms. The van der Waals surface area contributed by atoms with E-state index in [2.05, 4.69) is 45.0 Å². The van der Waals surface area contributed by atoms with Crippen LogP contribution < -0.4 is 0 Å². The zero-order valence-corrected chi connectivity index (χ0v) is 20.3. The van der Waals surface area contributed by atoms with Crippen LogP contribution in [0.1, 0.15) is 115 Å². The molecule has 8 aliphatic rings. The second-order valence-corrected chi connectivity index (χ2v) is 14.9. The maximum Gasteiger partial charge on any atom is -0.00480 e. The summed E-state index contributed by atoms with van der Waals surface area (Å²) in [6.45, 7) is 7.24. The predicted molar refractivity (Wildman–Crippen MR) is 129 cm³/mol. The molecule has 0 saturated heterocycles. The number of rotatable bonds is 3. The molecule has 168 valence electrons. The van der Waals surface area contributed by atoms with Crippen molar-refractivity contribution in [2.75, 3.05) is 0 Å². The van der Waals surface area contributed by atoms with E-state index in [0.29, 0.717) is 10.8 Å². The molecule has 0 aliphatic heterocycles. The highest BCUT2D eigenvalue weighted by molar-refractivity contribution is 5.35. The monoisotopic (exact) mass is 416 g/mol. The molecule has 9 rings (SSSR count). The van der Waals surface area contributed by atoms with E-state index in [-0.39, 0.29) is 5.41 Å². The van der Waals surface area contributed by atoms with Gasteiger partial charge >= 0.3 is 0 Å². The summed E-state index contributed by atoms with van der Waals surface area (Å²) in [4.78, 5) is 0. The maximum atomic E-state index is 2.71. The van der Waals surface area contributed by atoms with Crippen LogP contribution in [0, 0.1) is 46.3 Å². The van der Waals surface area contributed by atoms with E-state index >= 15 is 0 Å². The first-order valence-corrected chi connectivity index (χ1v) is 13.9. The highest BCUT2D eigenvalue weighted by atomic mass is 14.7. The molecule has 0 aromatic heterocycles. The Morgan fingerprint density at radius 2 is 1.03 bits per heavy atom. The van der Waals surface area contributed by atoms with E-state index < -0.39 is 0 Å². The summed E-state index contributed by atoms with van der Waals surface area (Å²) >= 11 is 0. The van der Waals surface area contributed by atoms with Crippen molar-refractivity contribution in [1.29, 1.82) is 0 Å². The summed E-state index contributed by atoms with van der Waals surface area (Å²) in [5, 5.41) is 0. The van der Waals surface area contributed by atoms with E-state index in [1.54, 1.807) is 88.2 Å². The zero-order valence-electron chi connectivity index (χ0n) is 20.3. The van der Waals surface area contributed by atoms with Gasteiger partial charge in [0.05, 0.1) is 0 Å². The Labute approximate surface area is 191 Å². The quantitative estimate of drug-likeness (QED) is 0.463. The molecule has 0 unspecified atom stereocenters. The molecule has 8 fully saturated rings. The van der Waals surface area contributed by atoms with Crippen molar-refractivity contribution in [2.45, 2.75) is 109 Å². The third-order valence-corrected chi connectivity index (χ3v) is 11.5. The summed E-state index contributed by atoms with van der Waals surface area (Å²) in [7, 11) is 0. The summed E-state index contributed by atoms with van der Waals surface area (Å²) in [6.07, 6.45) is 18.9. The van der Waals surface area contributed by atoms with Crippen molar-refractivity contribution in [1.82, 2.24) is 0 Å². The van der Waals surface area contributed by atoms with Crippen LogP contribution in [0.15, 0.2) is 24.3 Å². The molecule has 8 saturated carbocycles. The lowest BCUT2D eigenvalue weighted by Crippen LogP contribution is -2.57. The summed E-state index contributed by atoms with van der Waals surface area (Å²) in [6, 6.07) is 10.2. The Balaban J connectivity index is 1.38. The average molecular weight is 417 g/mol. The Morgan fingerprint density at radius 3 is 1.39 bits per heavy atom. The third-order valence-electron chi connectivity index (χ3n) is 11.5. The molecule has 0 nitrogen and oxygen atoms in total. The number of hydrogen-bond acceptors (Lipinski definition) is 0. The molecule has 0 heterocycles. The molecule has 0 amide bonds. The Kier molecular flexibility index (Phi) is 4.07. The minimum Gasteiger partial charge on any atom is -0.0617 e. The van der Waals surface area contributed by atoms with Gasteiger partial charge in [0, 0.05) is 0 Å². The van der Waals surface area contributed by atoms with Gasteiger partial charge in [-0.2, -0.15) is 0 Å². The Hall–Kier alpha value is -0.780. The van der Waals surface area contributed by atoms with Gasteiger partial charge in [-0.15, -0.1) is 0 Å². The summed E-state index contributed by atoms with van der Waals surface area (Å²) < 4.78 is 0. The fourth-order valence-electron chi connectivity index (χ4n) is 11.6. The highest BCUT2D eigenvalue weighted by Gasteiger charge is 2.63. The van der Waals surface area contributed by atoms with Crippen LogP contribution in [0.4, 0.5) is 0 Å². The van der Waals surface area contributed by atoms with Gasteiger partial charge in [-0.25, -0.2) is 0 Å². The Morgan fingerprint density at radius 1 is 0.645 bits per heavy atom. The van der Waals surface area contributed by atoms with Gasteiger partial charge in [-0.1, -0.05) is 45.0 Å². The first-order valence-electron chi connectivity index (χ1n) is 13.9. The van der Waals surface area contributed by atoms with Gasteiger partial charge in [0.1, 0.15) is 0 Å². The van der Waals surface area contributed by atoms with Crippen LogP contribution in [-0.2, 0) is 5.41 Å². The zero-order chi connectivity index (χ0) is 21.0. The molecule has 31 heavy (non-hydrogen) atoms. The van der Waals surface area contributed by atoms with Crippen molar-refractivity contribution in [2.24, 2.45) is 46.3 Å². The predicted octanol–water partition coefficient (Wildman–Crippen LogP) is 8.50. The van der Waals surface area contributed by atoms with Gasteiger partial charge in [0.15, 0.2) is 0 Å². The van der Waals surface area contributed by atoms with Gasteiger partial charge in [0.2, 0.25) is 0 Å². The standard InChI is InChI=1S/C31H44/c1-29(2,3)27-6-4-5-26(13-27)28(30-14-20-7-21(15-30)9-22(8-20)16-30)31-17-23-10-24(18-31)12-25(11-23)19-31/h4-6,13,20-25,28H,7-12,14-19H2,1-3H3. The second kappa shape index (κ2) is 6.42. The van der Waals surface area contributed by atoms with Gasteiger partial charge in [-0.3, -0.25) is 0 Å². The minimum absolute atomic E-state index is 0.253. The van der Waals surface area contributed by atoms with E-state index in [1.165, 1.54) is 0 Å². The van der Waals surface area contributed by atoms with Gasteiger partial charge in [0.25, 0.3) is 0 Å². The summed E-state index contributed by atoms with van der Waals surface area (Å²) in [5.74, 6) is 7.23. The lowest BCUT2D eigenvalue weighted by Gasteiger charge is -2.67. The topological polar surface area (TPSA) is 0 Å². The highest BCUT2D eigenvalue weighted by Crippen LogP contribution is 2.73. The van der Waals surface area contributed by atoms with E-state index in [0.717, 1.165) is 41.4 Å². The minimum atomic E-state index is 0.253. The van der Waals surface area contributed by atoms with E-state index in [4.69, 9.17) is 0 Å². The molecular weight excluding hydrogens is 372 g/mol. The molecule has 0 N–H and O–H groups in total. The SMILES string of the molecule is CC(C)(C)c1cccc(C(C23CC4CC(CC(C4)C2)C3)C23CC4CC(CC(C4)C2)C3)c1. The summed E-state index contributed by atoms with van der Waals surface area (Å²) in [5.41, 5.74) is 4.87. The van der Waals surface area contributed by atoms with Crippen LogP contribution in [0.5, 0.6) is 0 Å². The molecule has 1 aromatic rings. The lowest BCUT2D eigenvalue weighted by atomic mass is 9.37. The molecule has 0 heteroatoms. The molecule has 0 radical (unpaired) electrons. The van der Waals surface area contributed by atoms with Crippen molar-refractivity contribution >= 4 is 0 Å². The number of benzene rings is 1. The van der Waals surface area contributed by atoms with Crippen LogP contribution in [0.3, 0.4) is 0 Å². The van der Waals surface area contributed by atoms with Crippen molar-refractivity contribution in [3.63, 3.8) is 0 Å². The van der Waals surface area contributed by atoms with Crippen molar-refractivity contribution < 1.29 is 0 Å². The first-order chi connectivity index (χ1) is 14.8. The third kappa shape index (κ3) is 2.98. The van der Waals surface area contributed by atoms with E-state index in [1.807, 2.05) is 0 Å². The molecule has 1 aromatic carbocycles. The normalized spacial score (nSPS) is 48.4. The Bertz CT molecular complexity index is 752.